The van der Waals surface area contributed by atoms with Gasteiger partial charge in [0.15, 0.2) is 0 Å². The van der Waals surface area contributed by atoms with Crippen LogP contribution in [-0.2, 0) is 4.79 Å². The summed E-state index contributed by atoms with van der Waals surface area (Å²) in [5.41, 5.74) is 0. The van der Waals surface area contributed by atoms with Crippen molar-refractivity contribution in [2.24, 2.45) is 5.89 Å². The maximum atomic E-state index is 10.5. The standard InChI is InChI=1S/C7H8O2/c8-7(9)6-4-2-1-3-5-6/h1-4,6H,5H2,(H,8,9)/i5D,6D. The van der Waals surface area contributed by atoms with E-state index in [2.05, 4.69) is 0 Å². The van der Waals surface area contributed by atoms with Crippen molar-refractivity contribution in [2.75, 3.05) is 0 Å². The molecule has 2 heteroatoms. The Morgan fingerprint density at radius 3 is 3.11 bits per heavy atom. The highest BCUT2D eigenvalue weighted by Gasteiger charge is 2.12. The van der Waals surface area contributed by atoms with Crippen molar-refractivity contribution in [3.63, 3.8) is 0 Å². The Balaban J connectivity index is 2.94. The summed E-state index contributed by atoms with van der Waals surface area (Å²) in [7, 11) is 0. The lowest BCUT2D eigenvalue weighted by atomic mass is 10.0. The molecule has 0 saturated carbocycles. The molecule has 0 spiro atoms. The molecule has 2 unspecified atom stereocenters. The number of allylic oxidation sites excluding steroid dienone is 3. The van der Waals surface area contributed by atoms with E-state index in [0.29, 0.717) is 0 Å². The SMILES string of the molecule is [2H]C1C=CC=CC1([2H])C(=O)O. The van der Waals surface area contributed by atoms with Gasteiger partial charge in [-0.2, -0.15) is 0 Å². The van der Waals surface area contributed by atoms with Crippen LogP contribution in [0.15, 0.2) is 24.3 Å². The molecular formula is C7H8O2. The summed E-state index contributed by atoms with van der Waals surface area (Å²) in [4.78, 5) is 10.5. The second-order valence-corrected chi connectivity index (χ2v) is 1.67. The molecule has 1 aliphatic carbocycles. The molecule has 0 aromatic heterocycles. The van der Waals surface area contributed by atoms with E-state index in [1.807, 2.05) is 0 Å². The van der Waals surface area contributed by atoms with Crippen molar-refractivity contribution in [1.29, 1.82) is 0 Å². The molecule has 0 heterocycles. The zero-order chi connectivity index (χ0) is 8.48. The first kappa shape index (κ1) is 3.88. The van der Waals surface area contributed by atoms with Crippen LogP contribution in [-0.4, -0.2) is 11.1 Å². The molecule has 1 aliphatic rings. The number of carbonyl (C=O) groups is 1. The van der Waals surface area contributed by atoms with Crippen molar-refractivity contribution < 1.29 is 12.6 Å². The van der Waals surface area contributed by atoms with E-state index in [0.717, 1.165) is 0 Å². The molecule has 0 bridgehead atoms. The molecule has 0 saturated heterocycles. The molecule has 0 fully saturated rings. The number of carboxylic acid groups (broad SMARTS) is 1. The van der Waals surface area contributed by atoms with Gasteiger partial charge in [0.1, 0.15) is 0 Å². The molecule has 0 aromatic carbocycles. The summed E-state index contributed by atoms with van der Waals surface area (Å²) in [5.74, 6) is -3.08. The fourth-order valence-electron chi connectivity index (χ4n) is 0.581. The summed E-state index contributed by atoms with van der Waals surface area (Å²) < 4.78 is 14.6. The predicted octanol–water partition coefficient (Wildman–Crippen LogP) is 1.20. The Kier molecular flexibility index (Phi) is 1.07. The molecule has 2 nitrogen and oxygen atoms in total. The van der Waals surface area contributed by atoms with Gasteiger partial charge in [0.25, 0.3) is 0 Å². The molecule has 1 rings (SSSR count). The van der Waals surface area contributed by atoms with Crippen LogP contribution in [0.4, 0.5) is 0 Å². The molecular weight excluding hydrogens is 116 g/mol. The number of rotatable bonds is 1. The van der Waals surface area contributed by atoms with Crippen molar-refractivity contribution in [2.45, 2.75) is 6.40 Å². The van der Waals surface area contributed by atoms with Crippen LogP contribution in [0.25, 0.3) is 0 Å². The first-order valence-corrected chi connectivity index (χ1v) is 2.59. The average Bonchev–Trinajstić information content (AvgIpc) is 1.95. The minimum Gasteiger partial charge on any atom is -0.481 e. The Hall–Kier alpha value is -1.05. The van der Waals surface area contributed by atoms with Crippen molar-refractivity contribution >= 4 is 5.97 Å². The van der Waals surface area contributed by atoms with Crippen LogP contribution in [0.5, 0.6) is 0 Å². The van der Waals surface area contributed by atoms with Crippen LogP contribution in [0, 0.1) is 5.89 Å². The predicted molar refractivity (Wildman–Crippen MR) is 34.0 cm³/mol. The normalized spacial score (nSPS) is 43.8. The highest BCUT2D eigenvalue weighted by atomic mass is 16.4. The molecule has 2 atom stereocenters. The smallest absolute Gasteiger partial charge is 0.310 e. The molecule has 0 aromatic rings. The van der Waals surface area contributed by atoms with Crippen LogP contribution in [0.1, 0.15) is 9.14 Å². The Bertz CT molecular complexity index is 235. The highest BCUT2D eigenvalue weighted by Crippen LogP contribution is 2.10. The Morgan fingerprint density at radius 1 is 1.89 bits per heavy atom. The Labute approximate surface area is 56.3 Å². The third kappa shape index (κ3) is 1.42. The van der Waals surface area contributed by atoms with Gasteiger partial charge >= 0.3 is 5.97 Å². The lowest BCUT2D eigenvalue weighted by Crippen LogP contribution is -2.10. The number of hydrogen-bond donors (Lipinski definition) is 1. The maximum Gasteiger partial charge on any atom is 0.310 e. The van der Waals surface area contributed by atoms with E-state index in [1.54, 1.807) is 6.08 Å². The lowest BCUT2D eigenvalue weighted by Gasteiger charge is -2.04. The van der Waals surface area contributed by atoms with Gasteiger partial charge in [-0.1, -0.05) is 24.3 Å². The van der Waals surface area contributed by atoms with Crippen LogP contribution in [0.2, 0.25) is 0 Å². The minimum atomic E-state index is -1.80. The summed E-state index contributed by atoms with van der Waals surface area (Å²) >= 11 is 0. The van der Waals surface area contributed by atoms with Crippen LogP contribution < -0.4 is 0 Å². The minimum absolute atomic E-state index is 1.01. The molecule has 48 valence electrons. The quantitative estimate of drug-likeness (QED) is 0.573. The molecule has 0 radical (unpaired) electrons. The summed E-state index contributed by atoms with van der Waals surface area (Å²) in [5, 5.41) is 8.58. The first-order chi connectivity index (χ1) is 5.07. The van der Waals surface area contributed by atoms with Gasteiger partial charge < -0.3 is 5.11 Å². The summed E-state index contributed by atoms with van der Waals surface area (Å²) in [6.45, 7) is 0. The Morgan fingerprint density at radius 2 is 2.67 bits per heavy atom. The zero-order valence-corrected chi connectivity index (χ0v) is 4.74. The lowest BCUT2D eigenvalue weighted by molar-refractivity contribution is -0.139. The van der Waals surface area contributed by atoms with Gasteiger partial charge in [-0.15, -0.1) is 0 Å². The van der Waals surface area contributed by atoms with Gasteiger partial charge in [0.05, 0.1) is 5.89 Å². The average molecular weight is 126 g/mol. The largest absolute Gasteiger partial charge is 0.481 e. The van der Waals surface area contributed by atoms with Crippen LogP contribution >= 0.6 is 0 Å². The second-order valence-electron chi connectivity index (χ2n) is 1.67. The summed E-state index contributed by atoms with van der Waals surface area (Å²) in [6.07, 6.45) is 4.65. The second kappa shape index (κ2) is 2.49. The molecule has 0 aliphatic heterocycles. The molecule has 9 heavy (non-hydrogen) atoms. The number of hydrogen-bond acceptors (Lipinski definition) is 1. The third-order valence-corrected chi connectivity index (χ3v) is 1.02. The fraction of sp³-hybridized carbons (Fsp3) is 0.286. The van der Waals surface area contributed by atoms with Gasteiger partial charge in [0, 0.05) is 2.74 Å². The van der Waals surface area contributed by atoms with E-state index >= 15 is 0 Å². The van der Waals surface area contributed by atoms with Crippen molar-refractivity contribution in [1.82, 2.24) is 0 Å². The van der Waals surface area contributed by atoms with E-state index in [1.165, 1.54) is 18.2 Å². The third-order valence-electron chi connectivity index (χ3n) is 1.02. The van der Waals surface area contributed by atoms with Crippen LogP contribution in [0.3, 0.4) is 0 Å². The topological polar surface area (TPSA) is 37.3 Å². The van der Waals surface area contributed by atoms with E-state index in [9.17, 15) is 4.79 Å². The van der Waals surface area contributed by atoms with Crippen molar-refractivity contribution in [3.05, 3.63) is 24.3 Å². The zero-order valence-electron chi connectivity index (χ0n) is 6.74. The van der Waals surface area contributed by atoms with Gasteiger partial charge in [-0.05, 0) is 6.40 Å². The highest BCUT2D eigenvalue weighted by molar-refractivity contribution is 5.72. The molecule has 1 N–H and O–H groups in total. The van der Waals surface area contributed by atoms with E-state index < -0.39 is 18.3 Å². The van der Waals surface area contributed by atoms with Crippen molar-refractivity contribution in [3.8, 4) is 0 Å². The van der Waals surface area contributed by atoms with E-state index in [-0.39, 0.29) is 0 Å². The van der Waals surface area contributed by atoms with Gasteiger partial charge in [-0.3, -0.25) is 4.79 Å². The maximum absolute atomic E-state index is 10.5. The number of aliphatic carboxylic acids is 1. The first-order valence-electron chi connectivity index (χ1n) is 3.67. The van der Waals surface area contributed by atoms with Gasteiger partial charge in [0.2, 0.25) is 0 Å². The van der Waals surface area contributed by atoms with E-state index in [4.69, 9.17) is 7.85 Å². The summed E-state index contributed by atoms with van der Waals surface area (Å²) in [6, 6.07) is 0. The fourth-order valence-corrected chi connectivity index (χ4v) is 0.581. The molecule has 0 amide bonds. The number of carboxylic acids is 1. The van der Waals surface area contributed by atoms with Gasteiger partial charge in [-0.25, -0.2) is 0 Å². The monoisotopic (exact) mass is 126 g/mol.